The number of imidazole rings is 1. The molecule has 0 bridgehead atoms. The number of nitrogens with one attached hydrogen (secondary N) is 2. The second kappa shape index (κ2) is 6.00. The van der Waals surface area contributed by atoms with Crippen LogP contribution in [0.15, 0.2) is 12.4 Å². The lowest BCUT2D eigenvalue weighted by atomic mass is 9.94. The van der Waals surface area contributed by atoms with Gasteiger partial charge in [0.2, 0.25) is 5.91 Å². The first-order valence-corrected chi connectivity index (χ1v) is 6.65. The number of piperidine rings is 1. The van der Waals surface area contributed by atoms with Crippen molar-refractivity contribution in [1.82, 2.24) is 20.2 Å². The molecular formula is C13H22N4O. The molecule has 1 saturated heterocycles. The lowest BCUT2D eigenvalue weighted by Gasteiger charge is -2.27. The number of aryl methyl sites for hydroxylation is 1. The van der Waals surface area contributed by atoms with Crippen molar-refractivity contribution in [2.45, 2.75) is 39.3 Å². The molecule has 0 aromatic carbocycles. The second-order valence-electron chi connectivity index (χ2n) is 5.10. The summed E-state index contributed by atoms with van der Waals surface area (Å²) >= 11 is 0. The fourth-order valence-corrected chi connectivity index (χ4v) is 2.37. The normalized spacial score (nSPS) is 23.9. The molecular weight excluding hydrogens is 228 g/mol. The first kappa shape index (κ1) is 13.1. The Kier molecular flexibility index (Phi) is 4.36. The molecule has 1 aliphatic rings. The van der Waals surface area contributed by atoms with E-state index in [-0.39, 0.29) is 11.9 Å². The zero-order valence-electron chi connectivity index (χ0n) is 11.1. The average Bonchev–Trinajstić information content (AvgIpc) is 2.75. The minimum Gasteiger partial charge on any atom is -0.353 e. The highest BCUT2D eigenvalue weighted by molar-refractivity contribution is 5.81. The number of carbonyl (C=O) groups is 1. The van der Waals surface area contributed by atoms with E-state index in [0.29, 0.717) is 12.5 Å². The molecule has 2 heterocycles. The van der Waals surface area contributed by atoms with E-state index < -0.39 is 0 Å². The summed E-state index contributed by atoms with van der Waals surface area (Å²) in [6.45, 7) is 6.55. The van der Waals surface area contributed by atoms with Crippen molar-refractivity contribution < 1.29 is 4.79 Å². The van der Waals surface area contributed by atoms with Crippen molar-refractivity contribution in [3.05, 3.63) is 18.2 Å². The van der Waals surface area contributed by atoms with E-state index >= 15 is 0 Å². The van der Waals surface area contributed by atoms with Gasteiger partial charge in [-0.25, -0.2) is 4.98 Å². The number of rotatable bonds is 4. The monoisotopic (exact) mass is 250 g/mol. The summed E-state index contributed by atoms with van der Waals surface area (Å²) in [4.78, 5) is 16.1. The standard InChI is InChI=1S/C13H22N4O/c1-10-3-4-15-12(9-10)13(18)16-6-8-17-7-5-14-11(17)2/h5,7,10,12,15H,3-4,6,8-9H2,1-2H3,(H,16,18). The predicted molar refractivity (Wildman–Crippen MR) is 70.2 cm³/mol. The molecule has 0 spiro atoms. The molecule has 1 fully saturated rings. The Labute approximate surface area is 108 Å². The fraction of sp³-hybridized carbons (Fsp3) is 0.692. The number of hydrogen-bond acceptors (Lipinski definition) is 3. The highest BCUT2D eigenvalue weighted by atomic mass is 16.2. The quantitative estimate of drug-likeness (QED) is 0.827. The molecule has 5 nitrogen and oxygen atoms in total. The summed E-state index contributed by atoms with van der Waals surface area (Å²) in [5.74, 6) is 1.74. The summed E-state index contributed by atoms with van der Waals surface area (Å²) < 4.78 is 2.04. The molecule has 18 heavy (non-hydrogen) atoms. The molecule has 5 heteroatoms. The van der Waals surface area contributed by atoms with Gasteiger partial charge in [0.1, 0.15) is 5.82 Å². The van der Waals surface area contributed by atoms with E-state index in [1.54, 1.807) is 6.20 Å². The van der Waals surface area contributed by atoms with Crippen molar-refractivity contribution >= 4 is 5.91 Å². The van der Waals surface area contributed by atoms with E-state index in [4.69, 9.17) is 0 Å². The van der Waals surface area contributed by atoms with Crippen LogP contribution in [-0.2, 0) is 11.3 Å². The van der Waals surface area contributed by atoms with E-state index in [1.807, 2.05) is 17.7 Å². The van der Waals surface area contributed by atoms with Crippen LogP contribution in [0.25, 0.3) is 0 Å². The van der Waals surface area contributed by atoms with Crippen molar-refractivity contribution in [1.29, 1.82) is 0 Å². The lowest BCUT2D eigenvalue weighted by molar-refractivity contribution is -0.124. The first-order chi connectivity index (χ1) is 8.66. The number of nitrogens with zero attached hydrogens (tertiary/aromatic N) is 2. The smallest absolute Gasteiger partial charge is 0.237 e. The van der Waals surface area contributed by atoms with Gasteiger partial charge in [-0.15, -0.1) is 0 Å². The van der Waals surface area contributed by atoms with E-state index in [9.17, 15) is 4.79 Å². The summed E-state index contributed by atoms with van der Waals surface area (Å²) in [7, 11) is 0. The van der Waals surface area contributed by atoms with Gasteiger partial charge in [-0.3, -0.25) is 4.79 Å². The summed E-state index contributed by atoms with van der Waals surface area (Å²) in [5.41, 5.74) is 0. The zero-order valence-corrected chi connectivity index (χ0v) is 11.1. The summed E-state index contributed by atoms with van der Waals surface area (Å²) in [6, 6.07) is -0.0161. The number of aromatic nitrogens is 2. The Morgan fingerprint density at radius 3 is 3.17 bits per heavy atom. The van der Waals surface area contributed by atoms with Gasteiger partial charge in [-0.05, 0) is 32.2 Å². The van der Waals surface area contributed by atoms with E-state index in [2.05, 4.69) is 22.5 Å². The zero-order chi connectivity index (χ0) is 13.0. The van der Waals surface area contributed by atoms with Crippen molar-refractivity contribution in [2.24, 2.45) is 5.92 Å². The fourth-order valence-electron chi connectivity index (χ4n) is 2.37. The van der Waals surface area contributed by atoms with Crippen LogP contribution in [0.5, 0.6) is 0 Å². The van der Waals surface area contributed by atoms with Crippen LogP contribution in [0.3, 0.4) is 0 Å². The van der Waals surface area contributed by atoms with Gasteiger partial charge in [0.15, 0.2) is 0 Å². The van der Waals surface area contributed by atoms with Gasteiger partial charge in [0, 0.05) is 25.5 Å². The Bertz CT molecular complexity index is 401. The van der Waals surface area contributed by atoms with Gasteiger partial charge < -0.3 is 15.2 Å². The largest absolute Gasteiger partial charge is 0.353 e. The van der Waals surface area contributed by atoms with Gasteiger partial charge in [0.05, 0.1) is 6.04 Å². The summed E-state index contributed by atoms with van der Waals surface area (Å²) in [5, 5.41) is 6.26. The van der Waals surface area contributed by atoms with Gasteiger partial charge in [0.25, 0.3) is 0 Å². The van der Waals surface area contributed by atoms with Gasteiger partial charge >= 0.3 is 0 Å². The molecule has 2 N–H and O–H groups in total. The third kappa shape index (κ3) is 3.32. The number of carbonyl (C=O) groups excluding carboxylic acids is 1. The molecule has 1 aromatic rings. The number of hydrogen-bond donors (Lipinski definition) is 2. The van der Waals surface area contributed by atoms with Crippen LogP contribution < -0.4 is 10.6 Å². The maximum absolute atomic E-state index is 12.0. The van der Waals surface area contributed by atoms with Gasteiger partial charge in [-0.1, -0.05) is 6.92 Å². The third-order valence-electron chi connectivity index (χ3n) is 3.56. The minimum atomic E-state index is -0.0161. The molecule has 2 rings (SSSR count). The highest BCUT2D eigenvalue weighted by Crippen LogP contribution is 2.14. The van der Waals surface area contributed by atoms with Crippen LogP contribution in [0.1, 0.15) is 25.6 Å². The van der Waals surface area contributed by atoms with E-state index in [0.717, 1.165) is 31.8 Å². The maximum atomic E-state index is 12.0. The van der Waals surface area contributed by atoms with Crippen LogP contribution in [0.4, 0.5) is 0 Å². The van der Waals surface area contributed by atoms with Crippen LogP contribution >= 0.6 is 0 Å². The second-order valence-corrected chi connectivity index (χ2v) is 5.10. The molecule has 100 valence electrons. The summed E-state index contributed by atoms with van der Waals surface area (Å²) in [6.07, 6.45) is 5.82. The van der Waals surface area contributed by atoms with Crippen molar-refractivity contribution in [2.75, 3.05) is 13.1 Å². The first-order valence-electron chi connectivity index (χ1n) is 6.65. The average molecular weight is 250 g/mol. The van der Waals surface area contributed by atoms with Crippen LogP contribution in [0.2, 0.25) is 0 Å². The van der Waals surface area contributed by atoms with Crippen LogP contribution in [-0.4, -0.2) is 34.6 Å². The predicted octanol–water partition coefficient (Wildman–Crippen LogP) is 0.696. The third-order valence-corrected chi connectivity index (χ3v) is 3.56. The highest BCUT2D eigenvalue weighted by Gasteiger charge is 2.23. The molecule has 0 aliphatic carbocycles. The molecule has 2 atom stereocenters. The molecule has 1 aliphatic heterocycles. The molecule has 0 radical (unpaired) electrons. The minimum absolute atomic E-state index is 0.0161. The van der Waals surface area contributed by atoms with Crippen molar-refractivity contribution in [3.8, 4) is 0 Å². The van der Waals surface area contributed by atoms with E-state index in [1.165, 1.54) is 0 Å². The van der Waals surface area contributed by atoms with Crippen LogP contribution in [0, 0.1) is 12.8 Å². The lowest BCUT2D eigenvalue weighted by Crippen LogP contribution is -2.48. The topological polar surface area (TPSA) is 59.0 Å². The maximum Gasteiger partial charge on any atom is 0.237 e. The van der Waals surface area contributed by atoms with Crippen molar-refractivity contribution in [3.63, 3.8) is 0 Å². The molecule has 1 amide bonds. The van der Waals surface area contributed by atoms with Gasteiger partial charge in [-0.2, -0.15) is 0 Å². The molecule has 0 saturated carbocycles. The molecule has 1 aromatic heterocycles. The number of amides is 1. The SMILES string of the molecule is Cc1nccn1CCNC(=O)C1CC(C)CCN1. The Hall–Kier alpha value is -1.36. The Morgan fingerprint density at radius 1 is 1.67 bits per heavy atom. The Morgan fingerprint density at radius 2 is 2.50 bits per heavy atom. The Balaban J connectivity index is 1.73. The molecule has 2 unspecified atom stereocenters.